The summed E-state index contributed by atoms with van der Waals surface area (Å²) in [6.45, 7) is 8.45. The average Bonchev–Trinajstić information content (AvgIpc) is 2.89. The summed E-state index contributed by atoms with van der Waals surface area (Å²) in [4.78, 5) is 28.7. The highest BCUT2D eigenvalue weighted by Crippen LogP contribution is 2.28. The standard InChI is InChI=1S/C30H35ClFN3O4S/c1-6-27(29(37)33-30(3,4)5)34(19-22-13-15-23(32)16-14-22)28(36)20-35(24-17-12-21(2)26(31)18-24)40(38,39)25-10-8-7-9-11-25/h7-18,27H,6,19-20H2,1-5H3,(H,33,37)/t27-/m1/s1. The van der Waals surface area contributed by atoms with Crippen molar-refractivity contribution in [2.75, 3.05) is 10.8 Å². The lowest BCUT2D eigenvalue weighted by atomic mass is 10.1. The summed E-state index contributed by atoms with van der Waals surface area (Å²) in [6, 6.07) is 17.3. The second kappa shape index (κ2) is 12.8. The van der Waals surface area contributed by atoms with E-state index in [2.05, 4.69) is 5.32 Å². The molecule has 1 atom stereocenters. The number of aryl methyl sites for hydroxylation is 1. The number of sulfonamides is 1. The maximum Gasteiger partial charge on any atom is 0.264 e. The molecule has 3 aromatic rings. The first kappa shape index (κ1) is 31.1. The molecule has 0 heterocycles. The summed E-state index contributed by atoms with van der Waals surface area (Å²) >= 11 is 6.35. The molecule has 10 heteroatoms. The van der Waals surface area contributed by atoms with Crippen molar-refractivity contribution in [3.05, 3.63) is 94.8 Å². The van der Waals surface area contributed by atoms with E-state index in [-0.39, 0.29) is 29.5 Å². The average molecular weight is 588 g/mol. The van der Waals surface area contributed by atoms with Gasteiger partial charge in [0.25, 0.3) is 10.0 Å². The van der Waals surface area contributed by atoms with E-state index in [1.165, 1.54) is 47.4 Å². The molecule has 0 aliphatic carbocycles. The zero-order valence-electron chi connectivity index (χ0n) is 23.3. The van der Waals surface area contributed by atoms with E-state index in [4.69, 9.17) is 11.6 Å². The van der Waals surface area contributed by atoms with Gasteiger partial charge in [-0.2, -0.15) is 0 Å². The van der Waals surface area contributed by atoms with Crippen molar-refractivity contribution in [3.63, 3.8) is 0 Å². The molecule has 0 fully saturated rings. The van der Waals surface area contributed by atoms with Crippen LogP contribution in [-0.4, -0.2) is 43.3 Å². The van der Waals surface area contributed by atoms with Crippen molar-refractivity contribution >= 4 is 39.1 Å². The minimum Gasteiger partial charge on any atom is -0.350 e. The van der Waals surface area contributed by atoms with Crippen molar-refractivity contribution in [2.45, 2.75) is 64.1 Å². The van der Waals surface area contributed by atoms with E-state index < -0.39 is 39.9 Å². The van der Waals surface area contributed by atoms with Crippen molar-refractivity contribution in [3.8, 4) is 0 Å². The molecule has 7 nitrogen and oxygen atoms in total. The lowest BCUT2D eigenvalue weighted by Gasteiger charge is -2.34. The second-order valence-electron chi connectivity index (χ2n) is 10.6. The molecule has 3 aromatic carbocycles. The van der Waals surface area contributed by atoms with Crippen LogP contribution >= 0.6 is 11.6 Å². The van der Waals surface area contributed by atoms with E-state index in [9.17, 15) is 22.4 Å². The van der Waals surface area contributed by atoms with Gasteiger partial charge in [-0.1, -0.05) is 54.9 Å². The highest BCUT2D eigenvalue weighted by Gasteiger charge is 2.34. The quantitative estimate of drug-likeness (QED) is 0.329. The SMILES string of the molecule is CC[C@H](C(=O)NC(C)(C)C)N(Cc1ccc(F)cc1)C(=O)CN(c1ccc(C)c(Cl)c1)S(=O)(=O)c1ccccc1. The molecular weight excluding hydrogens is 553 g/mol. The minimum absolute atomic E-state index is 0.00194. The summed E-state index contributed by atoms with van der Waals surface area (Å²) in [5, 5.41) is 3.26. The number of halogens is 2. The van der Waals surface area contributed by atoms with E-state index in [0.717, 1.165) is 9.87 Å². The molecule has 0 aliphatic heterocycles. The highest BCUT2D eigenvalue weighted by atomic mass is 35.5. The van der Waals surface area contributed by atoms with Crippen LogP contribution in [0.4, 0.5) is 10.1 Å². The Balaban J connectivity index is 2.08. The molecule has 214 valence electrons. The number of amides is 2. The third kappa shape index (κ3) is 7.82. The minimum atomic E-state index is -4.20. The van der Waals surface area contributed by atoms with Gasteiger partial charge >= 0.3 is 0 Å². The van der Waals surface area contributed by atoms with Crippen LogP contribution in [0.25, 0.3) is 0 Å². The van der Waals surface area contributed by atoms with Gasteiger partial charge in [0.2, 0.25) is 11.8 Å². The monoisotopic (exact) mass is 587 g/mol. The number of rotatable bonds is 10. The Hall–Kier alpha value is -3.43. The molecule has 2 amide bonds. The molecule has 0 aromatic heterocycles. The molecule has 0 spiro atoms. The predicted molar refractivity (Wildman–Crippen MR) is 156 cm³/mol. The first-order chi connectivity index (χ1) is 18.7. The normalized spacial score (nSPS) is 12.5. The molecule has 1 N–H and O–H groups in total. The summed E-state index contributed by atoms with van der Waals surface area (Å²) in [5.74, 6) is -1.41. The zero-order valence-corrected chi connectivity index (χ0v) is 24.9. The van der Waals surface area contributed by atoms with Gasteiger partial charge in [0, 0.05) is 17.1 Å². The van der Waals surface area contributed by atoms with Crippen LogP contribution in [0.5, 0.6) is 0 Å². The third-order valence-electron chi connectivity index (χ3n) is 6.20. The molecule has 0 unspecified atom stereocenters. The van der Waals surface area contributed by atoms with Crippen LogP contribution in [0.2, 0.25) is 5.02 Å². The largest absolute Gasteiger partial charge is 0.350 e. The summed E-state index contributed by atoms with van der Waals surface area (Å²) in [5.41, 5.74) is 0.988. The number of benzene rings is 3. The highest BCUT2D eigenvalue weighted by molar-refractivity contribution is 7.92. The fourth-order valence-corrected chi connectivity index (χ4v) is 5.75. The molecule has 0 aliphatic rings. The van der Waals surface area contributed by atoms with Gasteiger partial charge in [0.05, 0.1) is 10.6 Å². The van der Waals surface area contributed by atoms with Crippen LogP contribution < -0.4 is 9.62 Å². The molecule has 3 rings (SSSR count). The van der Waals surface area contributed by atoms with Gasteiger partial charge in [-0.3, -0.25) is 13.9 Å². The fraction of sp³-hybridized carbons (Fsp3) is 0.333. The maximum atomic E-state index is 14.0. The number of anilines is 1. The summed E-state index contributed by atoms with van der Waals surface area (Å²) in [6.07, 6.45) is 0.274. The van der Waals surface area contributed by atoms with Crippen molar-refractivity contribution in [1.82, 2.24) is 10.2 Å². The Kier molecular flexibility index (Phi) is 9.97. The smallest absolute Gasteiger partial charge is 0.264 e. The first-order valence-electron chi connectivity index (χ1n) is 12.9. The summed E-state index contributed by atoms with van der Waals surface area (Å²) in [7, 11) is -4.20. The summed E-state index contributed by atoms with van der Waals surface area (Å²) < 4.78 is 42.3. The fourth-order valence-electron chi connectivity index (χ4n) is 4.14. The molecule has 0 bridgehead atoms. The lowest BCUT2D eigenvalue weighted by molar-refractivity contribution is -0.141. The number of carbonyl (C=O) groups is 2. The second-order valence-corrected chi connectivity index (χ2v) is 12.8. The van der Waals surface area contributed by atoms with Crippen molar-refractivity contribution in [1.29, 1.82) is 0 Å². The van der Waals surface area contributed by atoms with Crippen LogP contribution in [0.3, 0.4) is 0 Å². The number of carbonyl (C=O) groups excluding carboxylic acids is 2. The molecule has 40 heavy (non-hydrogen) atoms. The zero-order chi connectivity index (χ0) is 29.7. The van der Waals surface area contributed by atoms with Gasteiger partial charge in [-0.15, -0.1) is 0 Å². The molecule has 0 saturated heterocycles. The lowest BCUT2D eigenvalue weighted by Crippen LogP contribution is -2.55. The molecule has 0 radical (unpaired) electrons. The van der Waals surface area contributed by atoms with Gasteiger partial charge in [0.15, 0.2) is 0 Å². The van der Waals surface area contributed by atoms with Crippen LogP contribution in [-0.2, 0) is 26.2 Å². The van der Waals surface area contributed by atoms with Crippen LogP contribution in [0.15, 0.2) is 77.7 Å². The van der Waals surface area contributed by atoms with Crippen LogP contribution in [0.1, 0.15) is 45.2 Å². The van der Waals surface area contributed by atoms with Crippen molar-refractivity contribution in [2.24, 2.45) is 0 Å². The Bertz CT molecular complexity index is 1440. The Morgan fingerprint density at radius 3 is 2.17 bits per heavy atom. The van der Waals surface area contributed by atoms with Gasteiger partial charge < -0.3 is 10.2 Å². The first-order valence-corrected chi connectivity index (χ1v) is 14.7. The van der Waals surface area contributed by atoms with E-state index in [1.54, 1.807) is 44.2 Å². The Morgan fingerprint density at radius 1 is 1.00 bits per heavy atom. The van der Waals surface area contributed by atoms with E-state index in [0.29, 0.717) is 10.6 Å². The van der Waals surface area contributed by atoms with Crippen LogP contribution in [0, 0.1) is 12.7 Å². The molecular formula is C30H35ClFN3O4S. The van der Waals surface area contributed by atoms with Gasteiger partial charge in [-0.05, 0) is 81.6 Å². The molecule has 0 saturated carbocycles. The van der Waals surface area contributed by atoms with Gasteiger partial charge in [-0.25, -0.2) is 12.8 Å². The van der Waals surface area contributed by atoms with E-state index >= 15 is 0 Å². The topological polar surface area (TPSA) is 86.8 Å². The third-order valence-corrected chi connectivity index (χ3v) is 8.40. The Labute approximate surface area is 241 Å². The number of hydrogen-bond donors (Lipinski definition) is 1. The Morgan fingerprint density at radius 2 is 1.62 bits per heavy atom. The number of nitrogens with zero attached hydrogens (tertiary/aromatic N) is 2. The van der Waals surface area contributed by atoms with Gasteiger partial charge in [0.1, 0.15) is 18.4 Å². The maximum absolute atomic E-state index is 14.0. The predicted octanol–water partition coefficient (Wildman–Crippen LogP) is 5.70. The van der Waals surface area contributed by atoms with E-state index in [1.807, 2.05) is 20.8 Å². The van der Waals surface area contributed by atoms with Crippen molar-refractivity contribution < 1.29 is 22.4 Å². The number of hydrogen-bond acceptors (Lipinski definition) is 4. The number of nitrogens with one attached hydrogen (secondary N) is 1.